The molecule has 0 spiro atoms. The summed E-state index contributed by atoms with van der Waals surface area (Å²) >= 11 is 1.49. The zero-order chi connectivity index (χ0) is 21.3. The minimum atomic E-state index is -3.50. The lowest BCUT2D eigenvalue weighted by Gasteiger charge is -2.12. The van der Waals surface area contributed by atoms with E-state index in [-0.39, 0.29) is 17.2 Å². The highest BCUT2D eigenvalue weighted by molar-refractivity contribution is 7.89. The number of benzene rings is 2. The minimum absolute atomic E-state index is 0.178. The topological polar surface area (TPSA) is 83.8 Å². The predicted molar refractivity (Wildman–Crippen MR) is 118 cm³/mol. The van der Waals surface area contributed by atoms with Crippen molar-refractivity contribution >= 4 is 37.9 Å². The average molecular weight is 441 g/mol. The molecule has 2 aromatic carbocycles. The number of thiazole rings is 1. The number of hydrogen-bond acceptors (Lipinski definition) is 5. The Morgan fingerprint density at radius 2 is 1.80 bits per heavy atom. The van der Waals surface area contributed by atoms with Gasteiger partial charge in [-0.15, -0.1) is 11.3 Å². The Balaban J connectivity index is 1.48. The van der Waals surface area contributed by atoms with Crippen LogP contribution in [0.4, 0.5) is 5.69 Å². The van der Waals surface area contributed by atoms with E-state index in [0.29, 0.717) is 5.69 Å². The van der Waals surface area contributed by atoms with E-state index in [1.165, 1.54) is 37.6 Å². The molecule has 0 aliphatic carbocycles. The third-order valence-electron chi connectivity index (χ3n) is 4.61. The van der Waals surface area contributed by atoms with Gasteiger partial charge < -0.3 is 5.32 Å². The minimum Gasteiger partial charge on any atom is -0.326 e. The molecular weight excluding hydrogens is 420 g/mol. The summed E-state index contributed by atoms with van der Waals surface area (Å²) in [5.41, 5.74) is 3.27. The SMILES string of the molecule is CN(C)S(=O)(=O)c1ccc(NC(=O)Cc2csc3nc(-c4ccccc4)cn23)cc1. The van der Waals surface area contributed by atoms with Crippen molar-refractivity contribution in [2.75, 3.05) is 19.4 Å². The third kappa shape index (κ3) is 4.00. The maximum Gasteiger partial charge on any atom is 0.242 e. The second-order valence-corrected chi connectivity index (χ2v) is 9.90. The molecule has 4 aromatic rings. The first kappa shape index (κ1) is 20.3. The van der Waals surface area contributed by atoms with E-state index in [1.54, 1.807) is 12.1 Å². The molecule has 0 aliphatic heterocycles. The number of nitrogens with zero attached hydrogens (tertiary/aromatic N) is 3. The molecule has 0 bridgehead atoms. The Morgan fingerprint density at radius 1 is 1.10 bits per heavy atom. The molecule has 9 heteroatoms. The molecule has 0 fully saturated rings. The Hall–Kier alpha value is -3.01. The maximum atomic E-state index is 12.5. The highest BCUT2D eigenvalue weighted by Gasteiger charge is 2.17. The van der Waals surface area contributed by atoms with Gasteiger partial charge in [0.15, 0.2) is 4.96 Å². The van der Waals surface area contributed by atoms with Crippen molar-refractivity contribution in [2.24, 2.45) is 0 Å². The molecule has 2 heterocycles. The number of sulfonamides is 1. The number of amides is 1. The first-order chi connectivity index (χ1) is 14.3. The number of fused-ring (bicyclic) bond motifs is 1. The Kier molecular flexibility index (Phi) is 5.42. The van der Waals surface area contributed by atoms with Gasteiger partial charge in [-0.2, -0.15) is 0 Å². The number of imidazole rings is 1. The van der Waals surface area contributed by atoms with Gasteiger partial charge in [-0.3, -0.25) is 9.20 Å². The van der Waals surface area contributed by atoms with Crippen molar-refractivity contribution in [1.29, 1.82) is 0 Å². The van der Waals surface area contributed by atoms with Gasteiger partial charge in [0.25, 0.3) is 0 Å². The first-order valence-corrected chi connectivity index (χ1v) is 11.5. The standard InChI is InChI=1S/C21H20N4O3S2/c1-24(2)30(27,28)18-10-8-16(9-11-18)22-20(26)12-17-14-29-21-23-19(13-25(17)21)15-6-4-3-5-7-15/h3-11,13-14H,12H2,1-2H3,(H,22,26). The number of carbonyl (C=O) groups is 1. The summed E-state index contributed by atoms with van der Waals surface area (Å²) in [7, 11) is -0.540. The molecule has 2 aromatic heterocycles. The molecule has 7 nitrogen and oxygen atoms in total. The van der Waals surface area contributed by atoms with Crippen LogP contribution in [0.25, 0.3) is 16.2 Å². The summed E-state index contributed by atoms with van der Waals surface area (Å²) in [6, 6.07) is 16.0. The van der Waals surface area contributed by atoms with Crippen LogP contribution < -0.4 is 5.32 Å². The zero-order valence-corrected chi connectivity index (χ0v) is 18.1. The van der Waals surface area contributed by atoms with E-state index < -0.39 is 10.0 Å². The Labute approximate surface area is 178 Å². The van der Waals surface area contributed by atoms with E-state index in [2.05, 4.69) is 10.3 Å². The summed E-state index contributed by atoms with van der Waals surface area (Å²) in [4.78, 5) is 18.2. The van der Waals surface area contributed by atoms with Gasteiger partial charge in [0, 0.05) is 42.6 Å². The molecule has 0 radical (unpaired) electrons. The normalized spacial score (nSPS) is 11.8. The van der Waals surface area contributed by atoms with E-state index in [1.807, 2.05) is 46.3 Å². The van der Waals surface area contributed by atoms with Crippen LogP contribution in [-0.2, 0) is 21.2 Å². The van der Waals surface area contributed by atoms with Crippen LogP contribution in [0.3, 0.4) is 0 Å². The smallest absolute Gasteiger partial charge is 0.242 e. The molecule has 30 heavy (non-hydrogen) atoms. The summed E-state index contributed by atoms with van der Waals surface area (Å²) < 4.78 is 27.4. The van der Waals surface area contributed by atoms with Crippen LogP contribution in [0.5, 0.6) is 0 Å². The van der Waals surface area contributed by atoms with E-state index in [0.717, 1.165) is 26.2 Å². The van der Waals surface area contributed by atoms with Gasteiger partial charge in [-0.1, -0.05) is 30.3 Å². The fourth-order valence-corrected chi connectivity index (χ4v) is 4.77. The lowest BCUT2D eigenvalue weighted by molar-refractivity contribution is -0.115. The molecular formula is C21H20N4O3S2. The molecule has 4 rings (SSSR count). The predicted octanol–water partition coefficient (Wildman–Crippen LogP) is 3.49. The second-order valence-electron chi connectivity index (χ2n) is 6.91. The Bertz CT molecular complexity index is 1290. The highest BCUT2D eigenvalue weighted by atomic mass is 32.2. The zero-order valence-electron chi connectivity index (χ0n) is 16.4. The van der Waals surface area contributed by atoms with Gasteiger partial charge in [0.1, 0.15) is 0 Å². The lowest BCUT2D eigenvalue weighted by Crippen LogP contribution is -2.22. The largest absolute Gasteiger partial charge is 0.326 e. The van der Waals surface area contributed by atoms with E-state index >= 15 is 0 Å². The summed E-state index contributed by atoms with van der Waals surface area (Å²) in [6.45, 7) is 0. The monoisotopic (exact) mass is 440 g/mol. The van der Waals surface area contributed by atoms with Crippen LogP contribution in [0.15, 0.2) is 71.1 Å². The number of carbonyl (C=O) groups excluding carboxylic acids is 1. The van der Waals surface area contributed by atoms with Crippen molar-refractivity contribution in [3.05, 3.63) is 71.9 Å². The van der Waals surface area contributed by atoms with Crippen LogP contribution >= 0.6 is 11.3 Å². The Morgan fingerprint density at radius 3 is 2.47 bits per heavy atom. The molecule has 1 amide bonds. The van der Waals surface area contributed by atoms with Crippen molar-refractivity contribution in [3.8, 4) is 11.3 Å². The van der Waals surface area contributed by atoms with Crippen LogP contribution in [-0.4, -0.2) is 42.1 Å². The molecule has 0 saturated carbocycles. The van der Waals surface area contributed by atoms with Gasteiger partial charge in [0.05, 0.1) is 17.0 Å². The van der Waals surface area contributed by atoms with Gasteiger partial charge >= 0.3 is 0 Å². The highest BCUT2D eigenvalue weighted by Crippen LogP contribution is 2.24. The van der Waals surface area contributed by atoms with Crippen LogP contribution in [0.2, 0.25) is 0 Å². The molecule has 0 aliphatic rings. The molecule has 0 saturated heterocycles. The maximum absolute atomic E-state index is 12.5. The number of anilines is 1. The van der Waals surface area contributed by atoms with E-state index in [4.69, 9.17) is 0 Å². The average Bonchev–Trinajstić information content (AvgIpc) is 3.31. The van der Waals surface area contributed by atoms with Crippen LogP contribution in [0, 0.1) is 0 Å². The number of hydrogen-bond donors (Lipinski definition) is 1. The quantitative estimate of drug-likeness (QED) is 0.497. The summed E-state index contributed by atoms with van der Waals surface area (Å²) in [5, 5.41) is 4.73. The van der Waals surface area contributed by atoms with Crippen molar-refractivity contribution in [2.45, 2.75) is 11.3 Å². The third-order valence-corrected chi connectivity index (χ3v) is 7.33. The first-order valence-electron chi connectivity index (χ1n) is 9.18. The number of rotatable bonds is 6. The number of nitrogens with one attached hydrogen (secondary N) is 1. The summed E-state index contributed by atoms with van der Waals surface area (Å²) in [5.74, 6) is -0.187. The molecule has 154 valence electrons. The van der Waals surface area contributed by atoms with Crippen LogP contribution in [0.1, 0.15) is 5.69 Å². The molecule has 0 unspecified atom stereocenters. The van der Waals surface area contributed by atoms with Gasteiger partial charge in [-0.25, -0.2) is 17.7 Å². The van der Waals surface area contributed by atoms with Gasteiger partial charge in [0.2, 0.25) is 15.9 Å². The van der Waals surface area contributed by atoms with Crippen molar-refractivity contribution < 1.29 is 13.2 Å². The fraction of sp³-hybridized carbons (Fsp3) is 0.143. The van der Waals surface area contributed by atoms with Gasteiger partial charge in [-0.05, 0) is 24.3 Å². The lowest BCUT2D eigenvalue weighted by atomic mass is 10.2. The second kappa shape index (κ2) is 8.02. The van der Waals surface area contributed by atoms with E-state index in [9.17, 15) is 13.2 Å². The molecule has 1 N–H and O–H groups in total. The van der Waals surface area contributed by atoms with Crippen molar-refractivity contribution in [1.82, 2.24) is 13.7 Å². The number of aromatic nitrogens is 2. The van der Waals surface area contributed by atoms with Crippen molar-refractivity contribution in [3.63, 3.8) is 0 Å². The summed E-state index contributed by atoms with van der Waals surface area (Å²) in [6.07, 6.45) is 2.12. The fourth-order valence-electron chi connectivity index (χ4n) is 3.00. The molecule has 0 atom stereocenters.